The molecule has 1 heterocycles. The van der Waals surface area contributed by atoms with Crippen molar-refractivity contribution in [1.82, 2.24) is 4.98 Å². The molecule has 6 heteroatoms. The van der Waals surface area contributed by atoms with Crippen LogP contribution in [0.25, 0.3) is 0 Å². The van der Waals surface area contributed by atoms with Crippen molar-refractivity contribution in [2.45, 2.75) is 11.9 Å². The number of thioether (sulfide) groups is 1. The first-order valence-corrected chi connectivity index (χ1v) is 6.38. The van der Waals surface area contributed by atoms with Gasteiger partial charge in [0.1, 0.15) is 5.03 Å². The van der Waals surface area contributed by atoms with Crippen LogP contribution in [0.2, 0.25) is 5.02 Å². The lowest BCUT2D eigenvalue weighted by Crippen LogP contribution is -2.06. The van der Waals surface area contributed by atoms with Gasteiger partial charge in [0.05, 0.1) is 21.9 Å². The normalized spacial score (nSPS) is 10.1. The van der Waals surface area contributed by atoms with Crippen LogP contribution >= 0.6 is 39.3 Å². The number of pyridine rings is 1. The zero-order valence-corrected chi connectivity index (χ0v) is 11.2. The summed E-state index contributed by atoms with van der Waals surface area (Å²) in [5.41, 5.74) is 0. The molecule has 0 amide bonds. The number of carbonyl (C=O) groups is 1. The highest BCUT2D eigenvalue weighted by molar-refractivity contribution is 9.10. The minimum absolute atomic E-state index is 0.244. The van der Waals surface area contributed by atoms with Crippen molar-refractivity contribution in [3.63, 3.8) is 0 Å². The smallest absolute Gasteiger partial charge is 0.316 e. The maximum atomic E-state index is 11.1. The van der Waals surface area contributed by atoms with Crippen molar-refractivity contribution in [2.24, 2.45) is 0 Å². The number of hydrogen-bond donors (Lipinski definition) is 0. The minimum Gasteiger partial charge on any atom is -0.465 e. The molecule has 15 heavy (non-hydrogen) atoms. The molecule has 0 radical (unpaired) electrons. The average Bonchev–Trinajstić information content (AvgIpc) is 2.17. The van der Waals surface area contributed by atoms with Gasteiger partial charge in [-0.3, -0.25) is 4.79 Å². The van der Waals surface area contributed by atoms with Gasteiger partial charge in [-0.2, -0.15) is 0 Å². The Morgan fingerprint density at radius 1 is 1.73 bits per heavy atom. The molecule has 1 rings (SSSR count). The third-order valence-electron chi connectivity index (χ3n) is 1.41. The Bertz CT molecular complexity index is 362. The number of esters is 1. The number of carbonyl (C=O) groups excluding carboxylic acids is 1. The fraction of sp³-hybridized carbons (Fsp3) is 0.333. The molecule has 0 aliphatic carbocycles. The Balaban J connectivity index is 2.54. The van der Waals surface area contributed by atoms with Crippen LogP contribution in [-0.4, -0.2) is 23.3 Å². The van der Waals surface area contributed by atoms with E-state index >= 15 is 0 Å². The summed E-state index contributed by atoms with van der Waals surface area (Å²) in [6, 6.07) is 1.74. The molecule has 0 bridgehead atoms. The van der Waals surface area contributed by atoms with Gasteiger partial charge in [-0.05, 0) is 28.9 Å². The van der Waals surface area contributed by atoms with Gasteiger partial charge in [0.2, 0.25) is 0 Å². The molecule has 0 saturated heterocycles. The van der Waals surface area contributed by atoms with Gasteiger partial charge < -0.3 is 4.74 Å². The van der Waals surface area contributed by atoms with Gasteiger partial charge in [-0.1, -0.05) is 23.4 Å². The van der Waals surface area contributed by atoms with Gasteiger partial charge >= 0.3 is 5.97 Å². The summed E-state index contributed by atoms with van der Waals surface area (Å²) in [5.74, 6) is 0.00676. The molecule has 82 valence electrons. The van der Waals surface area contributed by atoms with E-state index in [4.69, 9.17) is 16.3 Å². The standard InChI is InChI=1S/C9H9BrClNO2S/c1-2-14-8(13)5-15-9-7(10)3-6(11)4-12-9/h3-4H,2,5H2,1H3. The molecule has 3 nitrogen and oxygen atoms in total. The second-order valence-electron chi connectivity index (χ2n) is 2.53. The average molecular weight is 311 g/mol. The Morgan fingerprint density at radius 2 is 2.47 bits per heavy atom. The number of nitrogens with zero attached hydrogens (tertiary/aromatic N) is 1. The first-order chi connectivity index (χ1) is 7.13. The molecular weight excluding hydrogens is 302 g/mol. The van der Waals surface area contributed by atoms with Crippen LogP contribution in [0.15, 0.2) is 21.8 Å². The number of rotatable bonds is 4. The Kier molecular flexibility index (Phi) is 5.42. The topological polar surface area (TPSA) is 39.2 Å². The number of ether oxygens (including phenoxy) is 1. The third-order valence-corrected chi connectivity index (χ3v) is 3.46. The number of halogens is 2. The molecule has 0 fully saturated rings. The molecule has 1 aromatic rings. The van der Waals surface area contributed by atoms with Crippen LogP contribution in [0.5, 0.6) is 0 Å². The summed E-state index contributed by atoms with van der Waals surface area (Å²) >= 11 is 10.4. The lowest BCUT2D eigenvalue weighted by atomic mass is 10.5. The van der Waals surface area contributed by atoms with E-state index in [1.54, 1.807) is 19.2 Å². The second-order valence-corrected chi connectivity index (χ2v) is 4.79. The van der Waals surface area contributed by atoms with E-state index in [2.05, 4.69) is 20.9 Å². The first-order valence-electron chi connectivity index (χ1n) is 4.23. The van der Waals surface area contributed by atoms with E-state index in [9.17, 15) is 4.79 Å². The zero-order chi connectivity index (χ0) is 11.3. The minimum atomic E-state index is -0.244. The van der Waals surface area contributed by atoms with Crippen LogP contribution in [0.3, 0.4) is 0 Å². The molecule has 0 saturated carbocycles. The molecule has 0 N–H and O–H groups in total. The van der Waals surface area contributed by atoms with Crippen molar-refractivity contribution in [3.05, 3.63) is 21.8 Å². The Hall–Kier alpha value is -0.260. The van der Waals surface area contributed by atoms with Crippen molar-refractivity contribution < 1.29 is 9.53 Å². The van der Waals surface area contributed by atoms with Crippen LogP contribution < -0.4 is 0 Å². The maximum Gasteiger partial charge on any atom is 0.316 e. The lowest BCUT2D eigenvalue weighted by molar-refractivity contribution is -0.139. The van der Waals surface area contributed by atoms with E-state index in [0.29, 0.717) is 11.6 Å². The monoisotopic (exact) mass is 309 g/mol. The lowest BCUT2D eigenvalue weighted by Gasteiger charge is -2.03. The van der Waals surface area contributed by atoms with Gasteiger partial charge in [0, 0.05) is 6.20 Å². The van der Waals surface area contributed by atoms with E-state index < -0.39 is 0 Å². The molecule has 0 spiro atoms. The SMILES string of the molecule is CCOC(=O)CSc1ncc(Cl)cc1Br. The fourth-order valence-corrected chi connectivity index (χ4v) is 2.48. The Labute approximate surface area is 106 Å². The van der Waals surface area contributed by atoms with Gasteiger partial charge in [-0.15, -0.1) is 0 Å². The summed E-state index contributed by atoms with van der Waals surface area (Å²) in [7, 11) is 0. The van der Waals surface area contributed by atoms with Crippen molar-refractivity contribution in [3.8, 4) is 0 Å². The third kappa shape index (κ3) is 4.40. The molecule has 0 aliphatic heterocycles. The van der Waals surface area contributed by atoms with Gasteiger partial charge in [0.15, 0.2) is 0 Å². The van der Waals surface area contributed by atoms with Gasteiger partial charge in [0.25, 0.3) is 0 Å². The number of aromatic nitrogens is 1. The van der Waals surface area contributed by atoms with E-state index in [-0.39, 0.29) is 11.7 Å². The van der Waals surface area contributed by atoms with E-state index in [0.717, 1.165) is 9.50 Å². The number of hydrogen-bond acceptors (Lipinski definition) is 4. The molecule has 0 atom stereocenters. The summed E-state index contributed by atoms with van der Waals surface area (Å²) in [5, 5.41) is 1.29. The highest BCUT2D eigenvalue weighted by atomic mass is 79.9. The van der Waals surface area contributed by atoms with Crippen LogP contribution in [0.4, 0.5) is 0 Å². The van der Waals surface area contributed by atoms with E-state index in [1.807, 2.05) is 0 Å². The summed E-state index contributed by atoms with van der Waals surface area (Å²) in [6.07, 6.45) is 1.54. The molecule has 1 aromatic heterocycles. The van der Waals surface area contributed by atoms with E-state index in [1.165, 1.54) is 11.8 Å². The molecule has 0 aromatic carbocycles. The highest BCUT2D eigenvalue weighted by Gasteiger charge is 2.07. The van der Waals surface area contributed by atoms with Crippen molar-refractivity contribution in [1.29, 1.82) is 0 Å². The maximum absolute atomic E-state index is 11.1. The fourth-order valence-electron chi connectivity index (χ4n) is 0.838. The van der Waals surface area contributed by atoms with Crippen LogP contribution in [0, 0.1) is 0 Å². The summed E-state index contributed by atoms with van der Waals surface area (Å²) in [4.78, 5) is 15.2. The predicted octanol–water partition coefficient (Wildman–Crippen LogP) is 3.15. The zero-order valence-electron chi connectivity index (χ0n) is 8.00. The van der Waals surface area contributed by atoms with Crippen LogP contribution in [0.1, 0.15) is 6.92 Å². The highest BCUT2D eigenvalue weighted by Crippen LogP contribution is 2.27. The Morgan fingerprint density at radius 3 is 3.07 bits per heavy atom. The quantitative estimate of drug-likeness (QED) is 0.632. The molecule has 0 unspecified atom stereocenters. The second kappa shape index (κ2) is 6.35. The van der Waals surface area contributed by atoms with Crippen LogP contribution in [-0.2, 0) is 9.53 Å². The largest absolute Gasteiger partial charge is 0.465 e. The van der Waals surface area contributed by atoms with Crippen molar-refractivity contribution >= 4 is 45.3 Å². The first kappa shape index (κ1) is 12.8. The molecular formula is C9H9BrClNO2S. The summed E-state index contributed by atoms with van der Waals surface area (Å²) in [6.45, 7) is 2.17. The summed E-state index contributed by atoms with van der Waals surface area (Å²) < 4.78 is 5.58. The predicted molar refractivity (Wildman–Crippen MR) is 64.3 cm³/mol. The van der Waals surface area contributed by atoms with Gasteiger partial charge in [-0.25, -0.2) is 4.98 Å². The molecule has 0 aliphatic rings. The van der Waals surface area contributed by atoms with Crippen molar-refractivity contribution in [2.75, 3.05) is 12.4 Å².